The second-order valence-corrected chi connectivity index (χ2v) is 9.93. The second kappa shape index (κ2) is 9.07. The molecule has 8 heteroatoms. The molecule has 0 saturated heterocycles. The summed E-state index contributed by atoms with van der Waals surface area (Å²) in [7, 11) is -3.61. The summed E-state index contributed by atoms with van der Waals surface area (Å²) in [5.41, 5.74) is 4.46. The van der Waals surface area contributed by atoms with Crippen molar-refractivity contribution < 1.29 is 23.1 Å². The number of aryl methyl sites for hydroxylation is 2. The Hall–Kier alpha value is -3.65. The zero-order chi connectivity index (χ0) is 23.6. The van der Waals surface area contributed by atoms with Gasteiger partial charge in [-0.05, 0) is 54.3 Å². The SMILES string of the molecule is CCc1cc(CCC(=O)O)c(C=C2C(=O)Nc3ccc(S(=O)(=O)Cc4ccccc4)cc32)[nH]1. The number of aliphatic carboxylic acids is 1. The molecule has 0 fully saturated rings. The fourth-order valence-electron chi connectivity index (χ4n) is 3.87. The number of benzene rings is 2. The van der Waals surface area contributed by atoms with Gasteiger partial charge in [0.1, 0.15) is 0 Å². The van der Waals surface area contributed by atoms with Crippen molar-refractivity contribution in [2.75, 3.05) is 5.32 Å². The molecule has 1 aromatic heterocycles. The van der Waals surface area contributed by atoms with Gasteiger partial charge in [0.2, 0.25) is 0 Å². The van der Waals surface area contributed by atoms with Crippen molar-refractivity contribution in [3.8, 4) is 0 Å². The van der Waals surface area contributed by atoms with Gasteiger partial charge in [0.25, 0.3) is 5.91 Å². The number of hydrogen-bond acceptors (Lipinski definition) is 4. The first-order valence-electron chi connectivity index (χ1n) is 10.6. The smallest absolute Gasteiger partial charge is 0.303 e. The van der Waals surface area contributed by atoms with Crippen LogP contribution >= 0.6 is 0 Å². The molecular weight excluding hydrogens is 440 g/mol. The van der Waals surface area contributed by atoms with E-state index in [0.717, 1.165) is 17.7 Å². The van der Waals surface area contributed by atoms with Crippen LogP contribution in [0, 0.1) is 0 Å². The van der Waals surface area contributed by atoms with Crippen LogP contribution in [-0.2, 0) is 38.0 Å². The highest BCUT2D eigenvalue weighted by Crippen LogP contribution is 2.36. The van der Waals surface area contributed by atoms with Gasteiger partial charge < -0.3 is 15.4 Å². The quantitative estimate of drug-likeness (QED) is 0.435. The first kappa shape index (κ1) is 22.5. The number of carbonyl (C=O) groups excluding carboxylic acids is 1. The molecule has 3 N–H and O–H groups in total. The molecule has 0 unspecified atom stereocenters. The van der Waals surface area contributed by atoms with Crippen LogP contribution in [0.25, 0.3) is 11.6 Å². The van der Waals surface area contributed by atoms with E-state index in [9.17, 15) is 18.0 Å². The summed E-state index contributed by atoms with van der Waals surface area (Å²) in [5.74, 6) is -1.37. The summed E-state index contributed by atoms with van der Waals surface area (Å²) >= 11 is 0. The zero-order valence-electron chi connectivity index (χ0n) is 18.1. The topological polar surface area (TPSA) is 116 Å². The third-order valence-corrected chi connectivity index (χ3v) is 7.29. The van der Waals surface area contributed by atoms with Gasteiger partial charge in [0, 0.05) is 29.1 Å². The van der Waals surface area contributed by atoms with E-state index in [1.54, 1.807) is 36.4 Å². The number of carbonyl (C=O) groups is 2. The van der Waals surface area contributed by atoms with E-state index in [1.807, 2.05) is 19.1 Å². The van der Waals surface area contributed by atoms with Crippen LogP contribution in [0.2, 0.25) is 0 Å². The van der Waals surface area contributed by atoms with E-state index in [4.69, 9.17) is 5.11 Å². The third kappa shape index (κ3) is 4.90. The van der Waals surface area contributed by atoms with Crippen LogP contribution in [0.4, 0.5) is 5.69 Å². The number of fused-ring (bicyclic) bond motifs is 1. The Balaban J connectivity index is 1.71. The summed E-state index contributed by atoms with van der Waals surface area (Å²) < 4.78 is 26.0. The molecule has 0 aliphatic carbocycles. The molecule has 0 saturated carbocycles. The highest BCUT2D eigenvalue weighted by molar-refractivity contribution is 7.90. The number of sulfone groups is 1. The molecule has 4 rings (SSSR count). The first-order valence-corrected chi connectivity index (χ1v) is 12.3. The van der Waals surface area contributed by atoms with Crippen molar-refractivity contribution in [2.45, 2.75) is 36.8 Å². The minimum Gasteiger partial charge on any atom is -0.481 e. The molecule has 1 aliphatic rings. The predicted molar refractivity (Wildman–Crippen MR) is 126 cm³/mol. The maximum Gasteiger partial charge on any atom is 0.303 e. The lowest BCUT2D eigenvalue weighted by atomic mass is 10.0. The summed E-state index contributed by atoms with van der Waals surface area (Å²) in [5, 5.41) is 11.8. The van der Waals surface area contributed by atoms with E-state index in [1.165, 1.54) is 12.1 Å². The van der Waals surface area contributed by atoms with Gasteiger partial charge in [-0.2, -0.15) is 0 Å². The Morgan fingerprint density at radius 1 is 1.09 bits per heavy atom. The number of anilines is 1. The minimum absolute atomic E-state index is 0.0260. The molecule has 3 aromatic rings. The number of H-pyrrole nitrogens is 1. The monoisotopic (exact) mass is 464 g/mol. The predicted octanol–water partition coefficient (Wildman–Crippen LogP) is 4.06. The Bertz CT molecular complexity index is 1350. The number of nitrogens with one attached hydrogen (secondary N) is 2. The summed E-state index contributed by atoms with van der Waals surface area (Å²) in [4.78, 5) is 27.1. The fraction of sp³-hybridized carbons (Fsp3) is 0.200. The van der Waals surface area contributed by atoms with Gasteiger partial charge in [-0.25, -0.2) is 8.42 Å². The second-order valence-electron chi connectivity index (χ2n) is 7.94. The van der Waals surface area contributed by atoms with Gasteiger partial charge in [0.15, 0.2) is 9.84 Å². The van der Waals surface area contributed by atoms with Crippen LogP contribution in [-0.4, -0.2) is 30.4 Å². The molecule has 33 heavy (non-hydrogen) atoms. The van der Waals surface area contributed by atoms with Crippen molar-refractivity contribution in [1.29, 1.82) is 0 Å². The maximum absolute atomic E-state index is 13.0. The van der Waals surface area contributed by atoms with Gasteiger partial charge in [-0.15, -0.1) is 0 Å². The zero-order valence-corrected chi connectivity index (χ0v) is 18.9. The molecule has 7 nitrogen and oxygen atoms in total. The van der Waals surface area contributed by atoms with E-state index in [-0.39, 0.29) is 23.0 Å². The lowest BCUT2D eigenvalue weighted by Gasteiger charge is -2.07. The minimum atomic E-state index is -3.61. The van der Waals surface area contributed by atoms with Crippen LogP contribution < -0.4 is 5.32 Å². The van der Waals surface area contributed by atoms with E-state index >= 15 is 0 Å². The fourth-order valence-corrected chi connectivity index (χ4v) is 5.24. The van der Waals surface area contributed by atoms with Gasteiger partial charge in [0.05, 0.1) is 16.2 Å². The van der Waals surface area contributed by atoms with Gasteiger partial charge in [-0.1, -0.05) is 37.3 Å². The normalized spacial score (nSPS) is 14.3. The summed E-state index contributed by atoms with van der Waals surface area (Å²) in [6, 6.07) is 15.5. The molecule has 0 atom stereocenters. The number of amides is 1. The molecule has 1 amide bonds. The highest BCUT2D eigenvalue weighted by Gasteiger charge is 2.27. The Labute approximate surface area is 192 Å². The average Bonchev–Trinajstić information content (AvgIpc) is 3.32. The molecule has 0 radical (unpaired) electrons. The van der Waals surface area contributed by atoms with Gasteiger partial charge >= 0.3 is 5.97 Å². The molecular formula is C25H24N2O5S. The molecule has 0 spiro atoms. The molecule has 170 valence electrons. The highest BCUT2D eigenvalue weighted by atomic mass is 32.2. The van der Waals surface area contributed by atoms with Crippen LogP contribution in [0.15, 0.2) is 59.5 Å². The Morgan fingerprint density at radius 3 is 2.55 bits per heavy atom. The summed E-state index contributed by atoms with van der Waals surface area (Å²) in [6.07, 6.45) is 2.70. The average molecular weight is 465 g/mol. The Kier molecular flexibility index (Phi) is 6.20. The lowest BCUT2D eigenvalue weighted by molar-refractivity contribution is -0.137. The molecule has 2 heterocycles. The number of carboxylic acids is 1. The maximum atomic E-state index is 13.0. The lowest BCUT2D eigenvalue weighted by Crippen LogP contribution is -2.05. The van der Waals surface area contributed by atoms with Crippen molar-refractivity contribution in [3.63, 3.8) is 0 Å². The number of rotatable bonds is 8. The van der Waals surface area contributed by atoms with Crippen LogP contribution in [0.5, 0.6) is 0 Å². The molecule has 0 bridgehead atoms. The van der Waals surface area contributed by atoms with Crippen LogP contribution in [0.1, 0.15) is 41.4 Å². The third-order valence-electron chi connectivity index (χ3n) is 5.60. The number of carboxylic acid groups (broad SMARTS) is 1. The molecule has 2 aromatic carbocycles. The largest absolute Gasteiger partial charge is 0.481 e. The van der Waals surface area contributed by atoms with Crippen molar-refractivity contribution in [3.05, 3.63) is 82.7 Å². The summed E-state index contributed by atoms with van der Waals surface area (Å²) in [6.45, 7) is 1.98. The number of aromatic amines is 1. The van der Waals surface area contributed by atoms with Crippen molar-refractivity contribution in [2.24, 2.45) is 0 Å². The van der Waals surface area contributed by atoms with E-state index in [2.05, 4.69) is 10.3 Å². The number of aromatic nitrogens is 1. The Morgan fingerprint density at radius 2 is 1.85 bits per heavy atom. The van der Waals surface area contributed by atoms with Crippen LogP contribution in [0.3, 0.4) is 0 Å². The standard InChI is InChI=1S/C25H24N2O5S/c1-2-18-12-17(8-11-24(28)29)23(26-18)14-21-20-13-19(9-10-22(20)27-25(21)30)33(31,32)15-16-6-4-3-5-7-16/h3-7,9-10,12-14,26H,2,8,11,15H2,1H3,(H,27,30)(H,28,29). The first-order chi connectivity index (χ1) is 15.8. The molecule has 1 aliphatic heterocycles. The van der Waals surface area contributed by atoms with E-state index in [0.29, 0.717) is 34.5 Å². The number of hydrogen-bond donors (Lipinski definition) is 3. The van der Waals surface area contributed by atoms with Crippen molar-refractivity contribution in [1.82, 2.24) is 4.98 Å². The van der Waals surface area contributed by atoms with Gasteiger partial charge in [-0.3, -0.25) is 9.59 Å². The van der Waals surface area contributed by atoms with E-state index < -0.39 is 15.8 Å². The van der Waals surface area contributed by atoms with Crippen molar-refractivity contribution >= 4 is 39.1 Å².